The lowest BCUT2D eigenvalue weighted by atomic mass is 9.84. The van der Waals surface area contributed by atoms with Gasteiger partial charge in [0.1, 0.15) is 11.5 Å². The highest BCUT2D eigenvalue weighted by atomic mass is 16.5. The fourth-order valence-corrected chi connectivity index (χ4v) is 2.38. The van der Waals surface area contributed by atoms with Crippen molar-refractivity contribution in [1.29, 1.82) is 5.26 Å². The van der Waals surface area contributed by atoms with Crippen LogP contribution in [0, 0.1) is 17.2 Å². The summed E-state index contributed by atoms with van der Waals surface area (Å²) in [5.74, 6) is -1.06. The number of carbonyl (C=O) groups is 1. The summed E-state index contributed by atoms with van der Waals surface area (Å²) in [4.78, 5) is 12.2. The van der Waals surface area contributed by atoms with Crippen LogP contribution in [-0.2, 0) is 9.53 Å². The van der Waals surface area contributed by atoms with Crippen molar-refractivity contribution in [3.63, 3.8) is 0 Å². The summed E-state index contributed by atoms with van der Waals surface area (Å²) in [6.45, 7) is 1.92. The SMILES string of the molecule is CCOC(=O)[C@H](C#N)[C@@H](c1ccco1)c1ccccc1OC. The normalized spacial score (nSPS) is 13.0. The molecule has 0 saturated carbocycles. The van der Waals surface area contributed by atoms with E-state index in [1.54, 1.807) is 32.2 Å². The number of rotatable bonds is 6. The van der Waals surface area contributed by atoms with Crippen LogP contribution < -0.4 is 4.74 Å². The minimum Gasteiger partial charge on any atom is -0.496 e. The molecule has 2 aromatic rings. The van der Waals surface area contributed by atoms with Gasteiger partial charge in [-0.3, -0.25) is 4.79 Å². The molecule has 2 atom stereocenters. The van der Waals surface area contributed by atoms with Crippen LogP contribution in [0.2, 0.25) is 0 Å². The summed E-state index contributed by atoms with van der Waals surface area (Å²) in [5.41, 5.74) is 0.708. The lowest BCUT2D eigenvalue weighted by molar-refractivity contribution is -0.146. The van der Waals surface area contributed by atoms with Crippen LogP contribution in [0.25, 0.3) is 0 Å². The summed E-state index contributed by atoms with van der Waals surface area (Å²) in [7, 11) is 1.55. The monoisotopic (exact) mass is 299 g/mol. The number of furan rings is 1. The van der Waals surface area contributed by atoms with Crippen molar-refractivity contribution in [1.82, 2.24) is 0 Å². The molecule has 0 bridgehead atoms. The first-order valence-corrected chi connectivity index (χ1v) is 6.95. The van der Waals surface area contributed by atoms with Crippen LogP contribution in [0.3, 0.4) is 0 Å². The molecule has 0 radical (unpaired) electrons. The summed E-state index contributed by atoms with van der Waals surface area (Å²) in [5, 5.41) is 9.48. The summed E-state index contributed by atoms with van der Waals surface area (Å²) >= 11 is 0. The molecular formula is C17H17NO4. The molecule has 2 rings (SSSR count). The van der Waals surface area contributed by atoms with Crippen molar-refractivity contribution in [3.8, 4) is 11.8 Å². The first-order valence-electron chi connectivity index (χ1n) is 6.95. The van der Waals surface area contributed by atoms with Crippen LogP contribution in [0.1, 0.15) is 24.2 Å². The predicted molar refractivity (Wildman–Crippen MR) is 79.3 cm³/mol. The summed E-state index contributed by atoms with van der Waals surface area (Å²) in [6.07, 6.45) is 1.51. The Morgan fingerprint density at radius 1 is 1.32 bits per heavy atom. The molecule has 0 fully saturated rings. The van der Waals surface area contributed by atoms with Gasteiger partial charge >= 0.3 is 5.97 Å². The van der Waals surface area contributed by atoms with Gasteiger partial charge in [0, 0.05) is 5.56 Å². The molecule has 1 aromatic heterocycles. The van der Waals surface area contributed by atoms with E-state index in [2.05, 4.69) is 0 Å². The van der Waals surface area contributed by atoms with Crippen molar-refractivity contribution in [2.24, 2.45) is 5.92 Å². The average Bonchev–Trinajstić information content (AvgIpc) is 3.06. The Bertz CT molecular complexity index is 658. The molecule has 22 heavy (non-hydrogen) atoms. The number of esters is 1. The molecule has 0 aliphatic carbocycles. The van der Waals surface area contributed by atoms with Gasteiger partial charge in [0.05, 0.1) is 32.0 Å². The molecule has 0 aliphatic heterocycles. The zero-order chi connectivity index (χ0) is 15.9. The molecule has 5 heteroatoms. The lowest BCUT2D eigenvalue weighted by Crippen LogP contribution is -2.24. The Morgan fingerprint density at radius 2 is 2.09 bits per heavy atom. The average molecular weight is 299 g/mol. The standard InChI is InChI=1S/C17H17NO4/c1-3-21-17(19)13(11-18)16(15-9-6-10-22-15)12-7-4-5-8-14(12)20-2/h4-10,13,16H,3H2,1-2H3/t13-,16+/m1/s1. The molecule has 1 heterocycles. The van der Waals surface area contributed by atoms with Crippen LogP contribution in [0.15, 0.2) is 47.1 Å². The maximum atomic E-state index is 12.2. The highest BCUT2D eigenvalue weighted by Gasteiger charge is 2.35. The number of hydrogen-bond donors (Lipinski definition) is 0. The van der Waals surface area contributed by atoms with E-state index in [0.29, 0.717) is 17.1 Å². The van der Waals surface area contributed by atoms with E-state index in [1.165, 1.54) is 6.26 Å². The molecule has 1 aromatic carbocycles. The number of carbonyl (C=O) groups excluding carboxylic acids is 1. The molecule has 5 nitrogen and oxygen atoms in total. The minimum atomic E-state index is -1.01. The quantitative estimate of drug-likeness (QED) is 0.766. The maximum Gasteiger partial charge on any atom is 0.324 e. The Morgan fingerprint density at radius 3 is 2.68 bits per heavy atom. The van der Waals surface area contributed by atoms with E-state index in [4.69, 9.17) is 13.9 Å². The summed E-state index contributed by atoms with van der Waals surface area (Å²) in [6, 6.07) is 12.7. The molecule has 0 unspecified atom stereocenters. The third kappa shape index (κ3) is 3.12. The number of benzene rings is 1. The van der Waals surface area contributed by atoms with Gasteiger partial charge in [-0.15, -0.1) is 0 Å². The molecular weight excluding hydrogens is 282 g/mol. The van der Waals surface area contributed by atoms with Gasteiger partial charge in [-0.25, -0.2) is 0 Å². The van der Waals surface area contributed by atoms with Gasteiger partial charge in [-0.1, -0.05) is 18.2 Å². The maximum absolute atomic E-state index is 12.2. The molecule has 0 spiro atoms. The van der Waals surface area contributed by atoms with Gasteiger partial charge in [-0.2, -0.15) is 5.26 Å². The van der Waals surface area contributed by atoms with Crippen molar-refractivity contribution in [2.45, 2.75) is 12.8 Å². The van der Waals surface area contributed by atoms with Gasteiger partial charge in [0.15, 0.2) is 5.92 Å². The van der Waals surface area contributed by atoms with Crippen LogP contribution >= 0.6 is 0 Å². The Labute approximate surface area is 129 Å². The van der Waals surface area contributed by atoms with E-state index < -0.39 is 17.8 Å². The zero-order valence-corrected chi connectivity index (χ0v) is 12.5. The third-order valence-electron chi connectivity index (χ3n) is 3.34. The second-order valence-corrected chi connectivity index (χ2v) is 4.59. The number of hydrogen-bond acceptors (Lipinski definition) is 5. The largest absolute Gasteiger partial charge is 0.496 e. The molecule has 114 valence electrons. The Balaban J connectivity index is 2.52. The zero-order valence-electron chi connectivity index (χ0n) is 12.5. The molecule has 0 aliphatic rings. The van der Waals surface area contributed by atoms with Crippen LogP contribution in [0.5, 0.6) is 5.75 Å². The molecule has 0 N–H and O–H groups in total. The Kier molecular flexibility index (Phi) is 5.21. The van der Waals surface area contributed by atoms with Crippen molar-refractivity contribution in [2.75, 3.05) is 13.7 Å². The number of methoxy groups -OCH3 is 1. The third-order valence-corrected chi connectivity index (χ3v) is 3.34. The van der Waals surface area contributed by atoms with E-state index in [0.717, 1.165) is 0 Å². The smallest absolute Gasteiger partial charge is 0.324 e. The second-order valence-electron chi connectivity index (χ2n) is 4.59. The van der Waals surface area contributed by atoms with Crippen LogP contribution in [0.4, 0.5) is 0 Å². The minimum absolute atomic E-state index is 0.216. The lowest BCUT2D eigenvalue weighted by Gasteiger charge is -2.21. The topological polar surface area (TPSA) is 72.5 Å². The second kappa shape index (κ2) is 7.32. The van der Waals surface area contributed by atoms with Gasteiger partial charge in [-0.05, 0) is 25.1 Å². The first-order chi connectivity index (χ1) is 10.7. The molecule has 0 saturated heterocycles. The van der Waals surface area contributed by atoms with E-state index in [-0.39, 0.29) is 6.61 Å². The molecule has 0 amide bonds. The van der Waals surface area contributed by atoms with Gasteiger partial charge in [0.2, 0.25) is 0 Å². The predicted octanol–water partition coefficient (Wildman–Crippen LogP) is 3.12. The summed E-state index contributed by atoms with van der Waals surface area (Å²) < 4.78 is 15.8. The van der Waals surface area contributed by atoms with E-state index in [9.17, 15) is 10.1 Å². The van der Waals surface area contributed by atoms with E-state index >= 15 is 0 Å². The fourth-order valence-electron chi connectivity index (χ4n) is 2.38. The number of nitriles is 1. The highest BCUT2D eigenvalue weighted by molar-refractivity contribution is 5.77. The van der Waals surface area contributed by atoms with Gasteiger partial charge in [0.25, 0.3) is 0 Å². The van der Waals surface area contributed by atoms with E-state index in [1.807, 2.05) is 24.3 Å². The van der Waals surface area contributed by atoms with Crippen molar-refractivity contribution < 1.29 is 18.7 Å². The number of para-hydroxylation sites is 1. The van der Waals surface area contributed by atoms with Crippen molar-refractivity contribution in [3.05, 3.63) is 54.0 Å². The van der Waals surface area contributed by atoms with Gasteiger partial charge < -0.3 is 13.9 Å². The van der Waals surface area contributed by atoms with Crippen molar-refractivity contribution >= 4 is 5.97 Å². The number of ether oxygens (including phenoxy) is 2. The number of nitrogens with zero attached hydrogens (tertiary/aromatic N) is 1. The van der Waals surface area contributed by atoms with Crippen LogP contribution in [-0.4, -0.2) is 19.7 Å². The fraction of sp³-hybridized carbons (Fsp3) is 0.294. The first kappa shape index (κ1) is 15.6. The highest BCUT2D eigenvalue weighted by Crippen LogP contribution is 2.37. The Hall–Kier alpha value is -2.74.